The molecule has 0 aliphatic heterocycles. The molecule has 0 radical (unpaired) electrons. The predicted octanol–water partition coefficient (Wildman–Crippen LogP) is 2.11. The largest absolute Gasteiger partial charge is 0.338 e. The van der Waals surface area contributed by atoms with E-state index in [-0.39, 0.29) is 0 Å². The van der Waals surface area contributed by atoms with Crippen molar-refractivity contribution in [1.82, 2.24) is 4.57 Å². The molecule has 1 rings (SSSR count). The molecule has 0 aromatic carbocycles. The normalized spacial score (nSPS) is 10.2. The van der Waals surface area contributed by atoms with Crippen molar-refractivity contribution in [2.45, 2.75) is 13.8 Å². The molecule has 1 aromatic heterocycles. The van der Waals surface area contributed by atoms with Gasteiger partial charge in [-0.1, -0.05) is 11.6 Å². The maximum Gasteiger partial charge on any atom is 0.152 e. The summed E-state index contributed by atoms with van der Waals surface area (Å²) in [7, 11) is 1.84. The molecule has 0 spiro atoms. The predicted molar refractivity (Wildman–Crippen MR) is 45.3 cm³/mol. The minimum absolute atomic E-state index is 0.643. The van der Waals surface area contributed by atoms with E-state index in [0.717, 1.165) is 17.5 Å². The third-order valence-corrected chi connectivity index (χ3v) is 2.56. The van der Waals surface area contributed by atoms with Crippen LogP contribution in [0.2, 0.25) is 5.15 Å². The lowest BCUT2D eigenvalue weighted by molar-refractivity contribution is 0.112. The molecule has 1 heterocycles. The minimum Gasteiger partial charge on any atom is -0.338 e. The molecule has 0 atom stereocenters. The maximum absolute atomic E-state index is 10.5. The summed E-state index contributed by atoms with van der Waals surface area (Å²) in [6.45, 7) is 3.72. The van der Waals surface area contributed by atoms with Crippen molar-refractivity contribution >= 4 is 17.9 Å². The molecule has 0 N–H and O–H groups in total. The summed E-state index contributed by atoms with van der Waals surface area (Å²) in [5.41, 5.74) is 2.49. The summed E-state index contributed by atoms with van der Waals surface area (Å²) in [6, 6.07) is 0. The van der Waals surface area contributed by atoms with Gasteiger partial charge in [0.2, 0.25) is 0 Å². The fourth-order valence-corrected chi connectivity index (χ4v) is 1.36. The molecule has 0 saturated carbocycles. The Labute approximate surface area is 70.8 Å². The molecular weight excluding hydrogens is 162 g/mol. The van der Waals surface area contributed by atoms with E-state index < -0.39 is 0 Å². The van der Waals surface area contributed by atoms with Crippen LogP contribution in [-0.4, -0.2) is 10.9 Å². The first-order valence-electron chi connectivity index (χ1n) is 3.36. The third kappa shape index (κ3) is 1.07. The highest BCUT2D eigenvalue weighted by Crippen LogP contribution is 2.23. The lowest BCUT2D eigenvalue weighted by atomic mass is 10.2. The fourth-order valence-electron chi connectivity index (χ4n) is 1.14. The fraction of sp³-hybridized carbons (Fsp3) is 0.375. The number of hydrogen-bond acceptors (Lipinski definition) is 1. The van der Waals surface area contributed by atoms with Crippen LogP contribution in [0, 0.1) is 13.8 Å². The van der Waals surface area contributed by atoms with Crippen LogP contribution in [0.15, 0.2) is 0 Å². The van der Waals surface area contributed by atoms with Crippen LogP contribution in [-0.2, 0) is 7.05 Å². The van der Waals surface area contributed by atoms with Crippen molar-refractivity contribution in [1.29, 1.82) is 0 Å². The van der Waals surface area contributed by atoms with Gasteiger partial charge in [0.1, 0.15) is 5.15 Å². The average molecular weight is 172 g/mol. The highest BCUT2D eigenvalue weighted by molar-refractivity contribution is 6.31. The van der Waals surface area contributed by atoms with Gasteiger partial charge in [0.05, 0.1) is 0 Å². The van der Waals surface area contributed by atoms with Crippen LogP contribution in [0.4, 0.5) is 0 Å². The Hall–Kier alpha value is -0.760. The standard InChI is InChI=1S/C8H10ClNO/c1-5-7(4-11)6(2)10(3)8(5)9/h4H,1-3H3. The topological polar surface area (TPSA) is 22.0 Å². The van der Waals surface area contributed by atoms with Gasteiger partial charge in [0, 0.05) is 18.3 Å². The summed E-state index contributed by atoms with van der Waals surface area (Å²) >= 11 is 5.89. The summed E-state index contributed by atoms with van der Waals surface area (Å²) in [5, 5.41) is 0.643. The number of aromatic nitrogens is 1. The van der Waals surface area contributed by atoms with Crippen LogP contribution in [0.5, 0.6) is 0 Å². The Morgan fingerprint density at radius 2 is 2.00 bits per heavy atom. The van der Waals surface area contributed by atoms with Crippen molar-refractivity contribution in [3.63, 3.8) is 0 Å². The van der Waals surface area contributed by atoms with Crippen molar-refractivity contribution < 1.29 is 4.79 Å². The lowest BCUT2D eigenvalue weighted by Crippen LogP contribution is -1.91. The first-order valence-corrected chi connectivity index (χ1v) is 3.74. The maximum atomic E-state index is 10.5. The molecular formula is C8H10ClNO. The third-order valence-electron chi connectivity index (χ3n) is 2.02. The lowest BCUT2D eigenvalue weighted by Gasteiger charge is -1.95. The second kappa shape index (κ2) is 2.70. The second-order valence-electron chi connectivity index (χ2n) is 2.59. The Morgan fingerprint density at radius 1 is 1.45 bits per heavy atom. The Morgan fingerprint density at radius 3 is 2.18 bits per heavy atom. The van der Waals surface area contributed by atoms with E-state index in [1.165, 1.54) is 0 Å². The van der Waals surface area contributed by atoms with Gasteiger partial charge >= 0.3 is 0 Å². The summed E-state index contributed by atoms with van der Waals surface area (Å²) in [5.74, 6) is 0. The van der Waals surface area contributed by atoms with Crippen LogP contribution in [0.3, 0.4) is 0 Å². The van der Waals surface area contributed by atoms with Crippen LogP contribution in [0.1, 0.15) is 21.6 Å². The van der Waals surface area contributed by atoms with Gasteiger partial charge < -0.3 is 4.57 Å². The zero-order valence-corrected chi connectivity index (χ0v) is 7.57. The van der Waals surface area contributed by atoms with Crippen molar-refractivity contribution in [3.05, 3.63) is 22.0 Å². The Bertz CT molecular complexity index is 276. The first-order chi connectivity index (χ1) is 5.09. The molecule has 1 aromatic rings. The highest BCUT2D eigenvalue weighted by atomic mass is 35.5. The first kappa shape index (κ1) is 8.34. The van der Waals surface area contributed by atoms with Crippen molar-refractivity contribution in [3.8, 4) is 0 Å². The SMILES string of the molecule is Cc1c(C=O)c(C)n(C)c1Cl. The number of aldehydes is 1. The molecule has 0 aliphatic carbocycles. The Balaban J connectivity index is 3.47. The van der Waals surface area contributed by atoms with Gasteiger partial charge in [0.15, 0.2) is 6.29 Å². The molecule has 11 heavy (non-hydrogen) atoms. The van der Waals surface area contributed by atoms with Crippen LogP contribution in [0.25, 0.3) is 0 Å². The van der Waals surface area contributed by atoms with E-state index in [9.17, 15) is 4.79 Å². The molecule has 0 fully saturated rings. The smallest absolute Gasteiger partial charge is 0.152 e. The number of halogens is 1. The van der Waals surface area contributed by atoms with Gasteiger partial charge in [-0.2, -0.15) is 0 Å². The van der Waals surface area contributed by atoms with Crippen LogP contribution < -0.4 is 0 Å². The van der Waals surface area contributed by atoms with Gasteiger partial charge in [-0.15, -0.1) is 0 Å². The molecule has 0 aliphatic rings. The van der Waals surface area contributed by atoms with E-state index in [1.54, 1.807) is 4.57 Å². The second-order valence-corrected chi connectivity index (χ2v) is 2.95. The molecule has 0 amide bonds. The molecule has 0 unspecified atom stereocenters. The number of carbonyl (C=O) groups excluding carboxylic acids is 1. The number of nitrogens with zero attached hydrogens (tertiary/aromatic N) is 1. The quantitative estimate of drug-likeness (QED) is 0.594. The van der Waals surface area contributed by atoms with E-state index in [0.29, 0.717) is 10.7 Å². The van der Waals surface area contributed by atoms with Gasteiger partial charge in [-0.3, -0.25) is 4.79 Å². The number of hydrogen-bond donors (Lipinski definition) is 0. The zero-order valence-electron chi connectivity index (χ0n) is 6.81. The summed E-state index contributed by atoms with van der Waals surface area (Å²) in [6.07, 6.45) is 0.844. The molecule has 2 nitrogen and oxygen atoms in total. The molecule has 60 valence electrons. The zero-order chi connectivity index (χ0) is 8.59. The van der Waals surface area contributed by atoms with E-state index in [2.05, 4.69) is 0 Å². The monoisotopic (exact) mass is 171 g/mol. The Kier molecular flexibility index (Phi) is 2.05. The molecule has 0 saturated heterocycles. The van der Waals surface area contributed by atoms with Gasteiger partial charge in [0.25, 0.3) is 0 Å². The van der Waals surface area contributed by atoms with Crippen molar-refractivity contribution in [2.75, 3.05) is 0 Å². The highest BCUT2D eigenvalue weighted by Gasteiger charge is 2.11. The van der Waals surface area contributed by atoms with Crippen molar-refractivity contribution in [2.24, 2.45) is 7.05 Å². The molecule has 3 heteroatoms. The van der Waals surface area contributed by atoms with Gasteiger partial charge in [-0.25, -0.2) is 0 Å². The van der Waals surface area contributed by atoms with E-state index >= 15 is 0 Å². The van der Waals surface area contributed by atoms with E-state index in [4.69, 9.17) is 11.6 Å². The summed E-state index contributed by atoms with van der Waals surface area (Å²) in [4.78, 5) is 10.5. The van der Waals surface area contributed by atoms with E-state index in [1.807, 2.05) is 20.9 Å². The van der Waals surface area contributed by atoms with Crippen LogP contribution >= 0.6 is 11.6 Å². The number of rotatable bonds is 1. The minimum atomic E-state index is 0.643. The average Bonchev–Trinajstić information content (AvgIpc) is 2.17. The number of carbonyl (C=O) groups is 1. The molecule has 0 bridgehead atoms. The summed E-state index contributed by atoms with van der Waals surface area (Å²) < 4.78 is 1.81. The van der Waals surface area contributed by atoms with Gasteiger partial charge in [-0.05, 0) is 19.4 Å².